The lowest BCUT2D eigenvalue weighted by Gasteiger charge is -2.02. The van der Waals surface area contributed by atoms with E-state index in [1.165, 1.54) is 4.68 Å². The molecule has 6 heteroatoms. The summed E-state index contributed by atoms with van der Waals surface area (Å²) < 4.78 is 6.37. The Morgan fingerprint density at radius 2 is 2.47 bits per heavy atom. The van der Waals surface area contributed by atoms with Crippen LogP contribution in [0, 0.1) is 0 Å². The third-order valence-corrected chi connectivity index (χ3v) is 2.09. The van der Waals surface area contributed by atoms with Crippen molar-refractivity contribution in [2.24, 2.45) is 7.05 Å². The average Bonchev–Trinajstić information content (AvgIpc) is 2.52. The van der Waals surface area contributed by atoms with E-state index in [0.29, 0.717) is 18.2 Å². The van der Waals surface area contributed by atoms with Gasteiger partial charge >= 0.3 is 0 Å². The van der Waals surface area contributed by atoms with Gasteiger partial charge < -0.3 is 10.1 Å². The highest BCUT2D eigenvalue weighted by molar-refractivity contribution is 6.33. The highest BCUT2D eigenvalue weighted by Crippen LogP contribution is 2.12. The second-order valence-corrected chi connectivity index (χ2v) is 3.51. The van der Waals surface area contributed by atoms with Crippen molar-refractivity contribution in [2.75, 3.05) is 20.3 Å². The Morgan fingerprint density at radius 1 is 1.73 bits per heavy atom. The maximum atomic E-state index is 11.5. The van der Waals surface area contributed by atoms with Gasteiger partial charge in [-0.1, -0.05) is 11.6 Å². The van der Waals surface area contributed by atoms with Crippen molar-refractivity contribution in [3.05, 3.63) is 16.9 Å². The number of rotatable bonds is 5. The largest absolute Gasteiger partial charge is 0.385 e. The molecular formula is C9H14ClN3O2. The first-order valence-electron chi connectivity index (χ1n) is 4.61. The van der Waals surface area contributed by atoms with Crippen LogP contribution < -0.4 is 5.32 Å². The minimum atomic E-state index is -0.253. The molecular weight excluding hydrogens is 218 g/mol. The first-order valence-corrected chi connectivity index (χ1v) is 4.99. The zero-order chi connectivity index (χ0) is 11.3. The van der Waals surface area contributed by atoms with Crippen LogP contribution in [0.1, 0.15) is 16.9 Å². The molecule has 0 saturated heterocycles. The molecule has 1 aromatic rings. The van der Waals surface area contributed by atoms with Gasteiger partial charge in [0, 0.05) is 33.5 Å². The molecule has 0 bridgehead atoms. The van der Waals surface area contributed by atoms with Crippen LogP contribution in [0.3, 0.4) is 0 Å². The number of carbonyl (C=O) groups is 1. The van der Waals surface area contributed by atoms with Crippen LogP contribution >= 0.6 is 11.6 Å². The first-order chi connectivity index (χ1) is 7.15. The molecule has 0 fully saturated rings. The molecule has 15 heavy (non-hydrogen) atoms. The van der Waals surface area contributed by atoms with Gasteiger partial charge in [0.2, 0.25) is 0 Å². The molecule has 1 heterocycles. The van der Waals surface area contributed by atoms with Crippen LogP contribution in [0.5, 0.6) is 0 Å². The molecule has 0 unspecified atom stereocenters. The van der Waals surface area contributed by atoms with Crippen molar-refractivity contribution in [3.8, 4) is 0 Å². The minimum Gasteiger partial charge on any atom is -0.385 e. The number of carbonyl (C=O) groups excluding carboxylic acids is 1. The minimum absolute atomic E-state index is 0.253. The fraction of sp³-hybridized carbons (Fsp3) is 0.556. The molecule has 0 saturated carbocycles. The lowest BCUT2D eigenvalue weighted by atomic mass is 10.4. The Hall–Kier alpha value is -1.07. The molecule has 1 amide bonds. The topological polar surface area (TPSA) is 56.1 Å². The van der Waals surface area contributed by atoms with Crippen LogP contribution in [0.25, 0.3) is 0 Å². The van der Waals surface area contributed by atoms with Crippen LogP contribution in [0.2, 0.25) is 5.02 Å². The number of aryl methyl sites for hydroxylation is 1. The van der Waals surface area contributed by atoms with Crippen LogP contribution in [0.4, 0.5) is 0 Å². The van der Waals surface area contributed by atoms with E-state index in [4.69, 9.17) is 16.3 Å². The summed E-state index contributed by atoms with van der Waals surface area (Å²) in [5.74, 6) is -0.253. The molecule has 1 N–H and O–H groups in total. The number of amides is 1. The maximum Gasteiger partial charge on any atom is 0.273 e. The lowest BCUT2D eigenvalue weighted by Crippen LogP contribution is -2.26. The van der Waals surface area contributed by atoms with Gasteiger partial charge in [-0.15, -0.1) is 0 Å². The van der Waals surface area contributed by atoms with Gasteiger partial charge in [0.1, 0.15) is 0 Å². The second kappa shape index (κ2) is 5.72. The maximum absolute atomic E-state index is 11.5. The molecule has 5 nitrogen and oxygen atoms in total. The predicted octanol–water partition coefficient (Wildman–Crippen LogP) is 0.840. The van der Waals surface area contributed by atoms with E-state index in [9.17, 15) is 4.79 Å². The fourth-order valence-electron chi connectivity index (χ4n) is 1.12. The summed E-state index contributed by atoms with van der Waals surface area (Å²) in [6, 6.07) is 0. The summed E-state index contributed by atoms with van der Waals surface area (Å²) >= 11 is 5.81. The van der Waals surface area contributed by atoms with Gasteiger partial charge in [0.25, 0.3) is 5.91 Å². The molecule has 0 aromatic carbocycles. The number of nitrogens with zero attached hydrogens (tertiary/aromatic N) is 2. The highest BCUT2D eigenvalue weighted by Gasteiger charge is 2.13. The molecule has 1 aromatic heterocycles. The molecule has 0 aliphatic rings. The molecule has 0 spiro atoms. The molecule has 0 aliphatic carbocycles. The van der Waals surface area contributed by atoms with Gasteiger partial charge in [0.05, 0.1) is 5.02 Å². The van der Waals surface area contributed by atoms with Crippen molar-refractivity contribution in [3.63, 3.8) is 0 Å². The fourth-order valence-corrected chi connectivity index (χ4v) is 1.38. The van der Waals surface area contributed by atoms with Crippen molar-refractivity contribution in [1.29, 1.82) is 0 Å². The van der Waals surface area contributed by atoms with Crippen LogP contribution in [-0.4, -0.2) is 35.9 Å². The normalized spacial score (nSPS) is 10.3. The Labute approximate surface area is 93.4 Å². The Bertz CT molecular complexity index is 338. The second-order valence-electron chi connectivity index (χ2n) is 3.10. The van der Waals surface area contributed by atoms with E-state index >= 15 is 0 Å². The molecule has 0 atom stereocenters. The van der Waals surface area contributed by atoms with E-state index in [1.807, 2.05) is 0 Å². The summed E-state index contributed by atoms with van der Waals surface area (Å²) in [5, 5.41) is 7.02. The summed E-state index contributed by atoms with van der Waals surface area (Å²) in [7, 11) is 3.34. The summed E-state index contributed by atoms with van der Waals surface area (Å²) in [6.45, 7) is 1.18. The predicted molar refractivity (Wildman–Crippen MR) is 57.0 cm³/mol. The number of hydrogen-bond acceptors (Lipinski definition) is 3. The quantitative estimate of drug-likeness (QED) is 0.764. The van der Waals surface area contributed by atoms with Gasteiger partial charge in [-0.2, -0.15) is 5.10 Å². The first kappa shape index (κ1) is 12.0. The van der Waals surface area contributed by atoms with Crippen molar-refractivity contribution < 1.29 is 9.53 Å². The Kier molecular flexibility index (Phi) is 4.58. The summed E-state index contributed by atoms with van der Waals surface area (Å²) in [4.78, 5) is 11.5. The number of hydrogen-bond donors (Lipinski definition) is 1. The van der Waals surface area contributed by atoms with Gasteiger partial charge in [0.15, 0.2) is 5.69 Å². The summed E-state index contributed by atoms with van der Waals surface area (Å²) in [5.41, 5.74) is 0.261. The number of aromatic nitrogens is 2. The average molecular weight is 232 g/mol. The Balaban J connectivity index is 2.43. The number of halogens is 1. The third kappa shape index (κ3) is 3.53. The van der Waals surface area contributed by atoms with E-state index in [2.05, 4.69) is 10.4 Å². The monoisotopic (exact) mass is 231 g/mol. The van der Waals surface area contributed by atoms with Crippen molar-refractivity contribution in [1.82, 2.24) is 15.1 Å². The van der Waals surface area contributed by atoms with E-state index in [1.54, 1.807) is 20.4 Å². The number of ether oxygens (including phenoxy) is 1. The van der Waals surface area contributed by atoms with Crippen LogP contribution in [0.15, 0.2) is 6.20 Å². The van der Waals surface area contributed by atoms with Crippen LogP contribution in [-0.2, 0) is 11.8 Å². The lowest BCUT2D eigenvalue weighted by molar-refractivity contribution is 0.0943. The highest BCUT2D eigenvalue weighted by atomic mass is 35.5. The van der Waals surface area contributed by atoms with Gasteiger partial charge in [-0.3, -0.25) is 9.48 Å². The summed E-state index contributed by atoms with van der Waals surface area (Å²) in [6.07, 6.45) is 2.36. The SMILES string of the molecule is COCCCNC(=O)c1nn(C)cc1Cl. The molecule has 1 rings (SSSR count). The number of methoxy groups -OCH3 is 1. The number of nitrogens with one attached hydrogen (secondary N) is 1. The van der Waals surface area contributed by atoms with Crippen molar-refractivity contribution >= 4 is 17.5 Å². The zero-order valence-electron chi connectivity index (χ0n) is 8.79. The van der Waals surface area contributed by atoms with E-state index in [0.717, 1.165) is 6.42 Å². The molecule has 84 valence electrons. The van der Waals surface area contributed by atoms with Crippen molar-refractivity contribution in [2.45, 2.75) is 6.42 Å². The Morgan fingerprint density at radius 3 is 3.00 bits per heavy atom. The standard InChI is InChI=1S/C9H14ClN3O2/c1-13-6-7(10)8(12-13)9(14)11-4-3-5-15-2/h6H,3-5H2,1-2H3,(H,11,14). The molecule has 0 aliphatic heterocycles. The zero-order valence-corrected chi connectivity index (χ0v) is 9.54. The smallest absolute Gasteiger partial charge is 0.273 e. The molecule has 0 radical (unpaired) electrons. The third-order valence-electron chi connectivity index (χ3n) is 1.81. The van der Waals surface area contributed by atoms with E-state index in [-0.39, 0.29) is 11.6 Å². The van der Waals surface area contributed by atoms with E-state index < -0.39 is 0 Å². The van der Waals surface area contributed by atoms with Gasteiger partial charge in [-0.05, 0) is 6.42 Å². The van der Waals surface area contributed by atoms with Gasteiger partial charge in [-0.25, -0.2) is 0 Å².